The number of pyridine rings is 1. The van der Waals surface area contributed by atoms with Gasteiger partial charge >= 0.3 is 0 Å². The Kier molecular flexibility index (Phi) is 6.20. The van der Waals surface area contributed by atoms with Gasteiger partial charge in [0.25, 0.3) is 0 Å². The zero-order chi connectivity index (χ0) is 35.3. The van der Waals surface area contributed by atoms with Crippen molar-refractivity contribution in [2.24, 2.45) is 0 Å². The highest BCUT2D eigenvalue weighted by Crippen LogP contribution is 2.50. The molecule has 0 fully saturated rings. The molecule has 0 aliphatic heterocycles. The van der Waals surface area contributed by atoms with Crippen molar-refractivity contribution in [1.29, 1.82) is 0 Å². The minimum absolute atomic E-state index is 0.219. The summed E-state index contributed by atoms with van der Waals surface area (Å²) in [5.74, 6) is 1.86. The Labute approximate surface area is 305 Å². The average molecular weight is 682 g/mol. The van der Waals surface area contributed by atoms with Gasteiger partial charge in [0, 0.05) is 55.5 Å². The lowest BCUT2D eigenvalue weighted by atomic mass is 9.82. The summed E-state index contributed by atoms with van der Waals surface area (Å²) in [4.78, 5) is 20.2. The molecule has 0 bridgehead atoms. The third kappa shape index (κ3) is 4.39. The Bertz CT molecular complexity index is 3050. The first-order chi connectivity index (χ1) is 26.0. The summed E-state index contributed by atoms with van der Waals surface area (Å²) in [5, 5.41) is 4.39. The summed E-state index contributed by atoms with van der Waals surface area (Å²) >= 11 is 0. The van der Waals surface area contributed by atoms with Crippen molar-refractivity contribution in [1.82, 2.24) is 24.5 Å². The molecule has 6 nitrogen and oxygen atoms in total. The molecule has 0 N–H and O–H groups in total. The molecule has 0 radical (unpaired) electrons. The van der Waals surface area contributed by atoms with Gasteiger partial charge in [-0.05, 0) is 70.8 Å². The smallest absolute Gasteiger partial charge is 0.164 e. The topological polar surface area (TPSA) is 69.6 Å². The van der Waals surface area contributed by atoms with Crippen LogP contribution < -0.4 is 0 Å². The molecule has 0 spiro atoms. The van der Waals surface area contributed by atoms with Crippen LogP contribution in [0.1, 0.15) is 25.0 Å². The van der Waals surface area contributed by atoms with E-state index >= 15 is 0 Å². The van der Waals surface area contributed by atoms with E-state index in [1.165, 1.54) is 27.6 Å². The van der Waals surface area contributed by atoms with Crippen LogP contribution in [0.15, 0.2) is 156 Å². The van der Waals surface area contributed by atoms with Crippen LogP contribution in [0, 0.1) is 0 Å². The zero-order valence-electron chi connectivity index (χ0n) is 29.1. The third-order valence-corrected chi connectivity index (χ3v) is 10.9. The first kappa shape index (κ1) is 29.8. The first-order valence-corrected chi connectivity index (χ1v) is 17.9. The fourth-order valence-corrected chi connectivity index (χ4v) is 8.38. The van der Waals surface area contributed by atoms with Crippen molar-refractivity contribution >= 4 is 43.9 Å². The van der Waals surface area contributed by atoms with Gasteiger partial charge in [0.1, 0.15) is 16.8 Å². The lowest BCUT2D eigenvalue weighted by Gasteiger charge is -2.22. The van der Waals surface area contributed by atoms with Gasteiger partial charge in [0.2, 0.25) is 0 Å². The molecule has 250 valence electrons. The van der Waals surface area contributed by atoms with Crippen molar-refractivity contribution in [2.45, 2.75) is 19.3 Å². The molecule has 0 unspecified atom stereocenters. The Morgan fingerprint density at radius 1 is 0.509 bits per heavy atom. The van der Waals surface area contributed by atoms with Gasteiger partial charge in [-0.25, -0.2) is 19.9 Å². The quantitative estimate of drug-likeness (QED) is 0.185. The lowest BCUT2D eigenvalue weighted by molar-refractivity contribution is 0.660. The van der Waals surface area contributed by atoms with E-state index in [4.69, 9.17) is 24.4 Å². The summed E-state index contributed by atoms with van der Waals surface area (Å²) in [6.45, 7) is 4.63. The SMILES string of the molecule is CC1(C)c2ccc(-c3nc(-c4ccccc4)nc(-c4cccc5oc6ccccc6c45)n3)cc2-c2ccc(-n3c4ccccc4c4cccnc43)cc21. The first-order valence-electron chi connectivity index (χ1n) is 17.9. The second kappa shape index (κ2) is 11.0. The van der Waals surface area contributed by atoms with Crippen LogP contribution >= 0.6 is 0 Å². The Hall–Kier alpha value is -6.92. The molecule has 1 aliphatic rings. The highest BCUT2D eigenvalue weighted by atomic mass is 16.3. The molecular weight excluding hydrogens is 651 g/mol. The summed E-state index contributed by atoms with van der Waals surface area (Å²) in [6, 6.07) is 50.6. The van der Waals surface area contributed by atoms with Gasteiger partial charge < -0.3 is 4.42 Å². The molecular formula is C47H31N5O. The number of para-hydroxylation sites is 2. The molecule has 6 aromatic carbocycles. The summed E-state index contributed by atoms with van der Waals surface area (Å²) < 4.78 is 8.53. The number of furan rings is 1. The van der Waals surface area contributed by atoms with E-state index < -0.39 is 0 Å². The van der Waals surface area contributed by atoms with Crippen molar-refractivity contribution in [3.8, 4) is 51.0 Å². The van der Waals surface area contributed by atoms with Gasteiger partial charge in [-0.1, -0.05) is 111 Å². The molecule has 0 saturated heterocycles. The molecule has 0 saturated carbocycles. The van der Waals surface area contributed by atoms with Gasteiger partial charge in [0.15, 0.2) is 17.5 Å². The molecule has 4 aromatic heterocycles. The van der Waals surface area contributed by atoms with E-state index in [1.807, 2.05) is 72.9 Å². The van der Waals surface area contributed by atoms with Crippen LogP contribution in [-0.2, 0) is 5.41 Å². The molecule has 6 heteroatoms. The molecule has 0 atom stereocenters. The second-order valence-electron chi connectivity index (χ2n) is 14.3. The minimum Gasteiger partial charge on any atom is -0.456 e. The van der Waals surface area contributed by atoms with E-state index in [2.05, 4.69) is 97.3 Å². The van der Waals surface area contributed by atoms with Crippen molar-refractivity contribution in [3.05, 3.63) is 163 Å². The van der Waals surface area contributed by atoms with E-state index in [-0.39, 0.29) is 5.41 Å². The Morgan fingerprint density at radius 3 is 2.13 bits per heavy atom. The van der Waals surface area contributed by atoms with E-state index in [0.717, 1.165) is 60.9 Å². The van der Waals surface area contributed by atoms with Crippen LogP contribution in [0.25, 0.3) is 94.9 Å². The number of benzene rings is 6. The van der Waals surface area contributed by atoms with Crippen LogP contribution in [0.4, 0.5) is 0 Å². The maximum atomic E-state index is 6.25. The summed E-state index contributed by atoms with van der Waals surface area (Å²) in [6.07, 6.45) is 1.87. The zero-order valence-corrected chi connectivity index (χ0v) is 29.1. The molecule has 11 rings (SSSR count). The Balaban J connectivity index is 1.09. The number of fused-ring (bicyclic) bond motifs is 9. The lowest BCUT2D eigenvalue weighted by Crippen LogP contribution is -2.15. The Morgan fingerprint density at radius 2 is 1.25 bits per heavy atom. The highest BCUT2D eigenvalue weighted by Gasteiger charge is 2.36. The van der Waals surface area contributed by atoms with Gasteiger partial charge in [-0.15, -0.1) is 0 Å². The van der Waals surface area contributed by atoms with E-state index in [0.29, 0.717) is 17.5 Å². The fraction of sp³-hybridized carbons (Fsp3) is 0.0638. The van der Waals surface area contributed by atoms with Crippen molar-refractivity contribution in [3.63, 3.8) is 0 Å². The maximum absolute atomic E-state index is 6.25. The standard InChI is InChI=1S/C47H31N5O/c1-47(2)37-24-21-29(26-36(37)31-23-22-30(27-38(31)47)52-39-18-8-6-14-32(39)33-17-11-25-48-46(33)52)44-49-43(28-12-4-3-5-13-28)50-45(51-44)35-16-10-20-41-42(35)34-15-7-9-19-40(34)53-41/h3-27H,1-2H3. The van der Waals surface area contributed by atoms with Crippen LogP contribution in [0.5, 0.6) is 0 Å². The van der Waals surface area contributed by atoms with Gasteiger partial charge in [-0.2, -0.15) is 0 Å². The summed E-state index contributed by atoms with van der Waals surface area (Å²) in [5.41, 5.74) is 12.4. The number of aromatic nitrogens is 5. The normalized spacial score (nSPS) is 13.2. The number of nitrogens with zero attached hydrogens (tertiary/aromatic N) is 5. The van der Waals surface area contributed by atoms with E-state index in [1.54, 1.807) is 0 Å². The van der Waals surface area contributed by atoms with Gasteiger partial charge in [-0.3, -0.25) is 4.57 Å². The number of rotatable bonds is 4. The van der Waals surface area contributed by atoms with Gasteiger partial charge in [0.05, 0.1) is 5.52 Å². The van der Waals surface area contributed by atoms with Crippen LogP contribution in [-0.4, -0.2) is 24.5 Å². The monoisotopic (exact) mass is 681 g/mol. The average Bonchev–Trinajstić information content (AvgIpc) is 3.83. The molecule has 53 heavy (non-hydrogen) atoms. The predicted molar refractivity (Wildman–Crippen MR) is 213 cm³/mol. The molecule has 4 heterocycles. The number of hydrogen-bond donors (Lipinski definition) is 0. The second-order valence-corrected chi connectivity index (χ2v) is 14.3. The third-order valence-electron chi connectivity index (χ3n) is 10.9. The minimum atomic E-state index is -0.219. The fourth-order valence-electron chi connectivity index (χ4n) is 8.38. The van der Waals surface area contributed by atoms with Crippen LogP contribution in [0.2, 0.25) is 0 Å². The highest BCUT2D eigenvalue weighted by molar-refractivity contribution is 6.12. The number of hydrogen-bond acceptors (Lipinski definition) is 5. The van der Waals surface area contributed by atoms with Crippen molar-refractivity contribution in [2.75, 3.05) is 0 Å². The van der Waals surface area contributed by atoms with Crippen LogP contribution in [0.3, 0.4) is 0 Å². The largest absolute Gasteiger partial charge is 0.456 e. The molecule has 10 aromatic rings. The van der Waals surface area contributed by atoms with E-state index in [9.17, 15) is 0 Å². The molecule has 0 amide bonds. The summed E-state index contributed by atoms with van der Waals surface area (Å²) in [7, 11) is 0. The van der Waals surface area contributed by atoms with Crippen molar-refractivity contribution < 1.29 is 4.42 Å². The maximum Gasteiger partial charge on any atom is 0.164 e. The molecule has 1 aliphatic carbocycles. The predicted octanol–water partition coefficient (Wildman–Crippen LogP) is 11.6.